The predicted octanol–water partition coefficient (Wildman–Crippen LogP) is 3.08. The highest BCUT2D eigenvalue weighted by Gasteiger charge is 2.34. The lowest BCUT2D eigenvalue weighted by Gasteiger charge is -2.38. The number of nitrogens with one attached hydrogen (secondary N) is 2. The van der Waals surface area contributed by atoms with Crippen LogP contribution in [0.1, 0.15) is 51.5 Å². The van der Waals surface area contributed by atoms with Crippen molar-refractivity contribution in [1.82, 2.24) is 20.4 Å². The second-order valence-corrected chi connectivity index (χ2v) is 9.27. The van der Waals surface area contributed by atoms with Crippen LogP contribution in [0, 0.1) is 5.92 Å². The van der Waals surface area contributed by atoms with Crippen molar-refractivity contribution in [3.63, 3.8) is 0 Å². The third kappa shape index (κ3) is 5.95. The van der Waals surface area contributed by atoms with Gasteiger partial charge in [-0.05, 0) is 64.0 Å². The van der Waals surface area contributed by atoms with E-state index < -0.39 is 0 Å². The monoisotopic (exact) mass is 397 g/mol. The van der Waals surface area contributed by atoms with Gasteiger partial charge in [-0.3, -0.25) is 9.89 Å². The molecule has 5 heteroatoms. The molecule has 0 bridgehead atoms. The van der Waals surface area contributed by atoms with Crippen LogP contribution in [-0.4, -0.2) is 66.6 Å². The fourth-order valence-corrected chi connectivity index (χ4v) is 4.92. The Bertz CT molecular complexity index is 656. The van der Waals surface area contributed by atoms with Gasteiger partial charge in [0.15, 0.2) is 5.96 Å². The standard InChI is InChI=1S/C24H39N5/c1-3-25-24(26-16-21-11-13-29(18-21)23-9-10-23)27-22-12-14-28(19(2)15-22)17-20-7-5-4-6-8-20/h4-8,19,21-23H,3,9-18H2,1-2H3,(H2,25,26,27). The lowest BCUT2D eigenvalue weighted by atomic mass is 9.97. The Morgan fingerprint density at radius 1 is 1.10 bits per heavy atom. The summed E-state index contributed by atoms with van der Waals surface area (Å²) in [6, 6.07) is 12.9. The number of rotatable bonds is 7. The molecule has 2 heterocycles. The summed E-state index contributed by atoms with van der Waals surface area (Å²) in [6.45, 7) is 11.1. The molecule has 1 aliphatic carbocycles. The van der Waals surface area contributed by atoms with Gasteiger partial charge in [-0.2, -0.15) is 0 Å². The highest BCUT2D eigenvalue weighted by atomic mass is 15.2. The molecular weight excluding hydrogens is 358 g/mol. The van der Waals surface area contributed by atoms with E-state index >= 15 is 0 Å². The van der Waals surface area contributed by atoms with Gasteiger partial charge < -0.3 is 15.5 Å². The Balaban J connectivity index is 1.25. The third-order valence-corrected chi connectivity index (χ3v) is 6.82. The van der Waals surface area contributed by atoms with Crippen LogP contribution in [0.2, 0.25) is 0 Å². The zero-order chi connectivity index (χ0) is 20.1. The van der Waals surface area contributed by atoms with Gasteiger partial charge in [0, 0.05) is 50.8 Å². The second-order valence-electron chi connectivity index (χ2n) is 9.27. The molecule has 2 N–H and O–H groups in total. The molecule has 0 amide bonds. The number of benzene rings is 1. The fraction of sp³-hybridized carbons (Fsp3) is 0.708. The Labute approximate surface area is 176 Å². The molecule has 3 aliphatic rings. The normalized spacial score (nSPS) is 29.2. The van der Waals surface area contributed by atoms with Crippen LogP contribution < -0.4 is 10.6 Å². The van der Waals surface area contributed by atoms with E-state index in [2.05, 4.69) is 64.6 Å². The Kier molecular flexibility index (Phi) is 7.09. The van der Waals surface area contributed by atoms with Crippen LogP contribution in [0.25, 0.3) is 0 Å². The number of piperidine rings is 1. The number of guanidine groups is 1. The first-order valence-corrected chi connectivity index (χ1v) is 11.8. The Morgan fingerprint density at radius 2 is 1.93 bits per heavy atom. The Morgan fingerprint density at radius 3 is 2.66 bits per heavy atom. The molecule has 1 aromatic carbocycles. The average molecular weight is 398 g/mol. The molecule has 5 nitrogen and oxygen atoms in total. The van der Waals surface area contributed by atoms with E-state index in [1.807, 2.05) is 0 Å². The highest BCUT2D eigenvalue weighted by molar-refractivity contribution is 5.80. The summed E-state index contributed by atoms with van der Waals surface area (Å²) in [5, 5.41) is 7.22. The van der Waals surface area contributed by atoms with Gasteiger partial charge in [0.1, 0.15) is 0 Å². The summed E-state index contributed by atoms with van der Waals surface area (Å²) in [6.07, 6.45) is 6.51. The summed E-state index contributed by atoms with van der Waals surface area (Å²) in [5.74, 6) is 1.75. The van der Waals surface area contributed by atoms with Crippen molar-refractivity contribution in [2.45, 2.75) is 70.6 Å². The predicted molar refractivity (Wildman–Crippen MR) is 121 cm³/mol. The van der Waals surface area contributed by atoms with Gasteiger partial charge in [-0.1, -0.05) is 30.3 Å². The topological polar surface area (TPSA) is 42.9 Å². The van der Waals surface area contributed by atoms with Gasteiger partial charge in [0.05, 0.1) is 0 Å². The largest absolute Gasteiger partial charge is 0.357 e. The van der Waals surface area contributed by atoms with Crippen LogP contribution in [-0.2, 0) is 6.54 Å². The van der Waals surface area contributed by atoms with Crippen molar-refractivity contribution in [2.75, 3.05) is 32.7 Å². The minimum atomic E-state index is 0.515. The second kappa shape index (κ2) is 9.94. The molecule has 1 aromatic rings. The summed E-state index contributed by atoms with van der Waals surface area (Å²) >= 11 is 0. The van der Waals surface area contributed by atoms with Crippen LogP contribution in [0.5, 0.6) is 0 Å². The van der Waals surface area contributed by atoms with Crippen LogP contribution in [0.3, 0.4) is 0 Å². The minimum Gasteiger partial charge on any atom is -0.357 e. The summed E-state index contributed by atoms with van der Waals surface area (Å²) in [5.41, 5.74) is 1.41. The summed E-state index contributed by atoms with van der Waals surface area (Å²) in [4.78, 5) is 10.3. The van der Waals surface area contributed by atoms with Gasteiger partial charge >= 0.3 is 0 Å². The number of nitrogens with zero attached hydrogens (tertiary/aromatic N) is 3. The molecule has 29 heavy (non-hydrogen) atoms. The molecule has 0 spiro atoms. The van der Waals surface area contributed by atoms with E-state index in [4.69, 9.17) is 4.99 Å². The van der Waals surface area contributed by atoms with Crippen LogP contribution >= 0.6 is 0 Å². The van der Waals surface area contributed by atoms with E-state index in [-0.39, 0.29) is 0 Å². The highest BCUT2D eigenvalue weighted by Crippen LogP contribution is 2.31. The molecular formula is C24H39N5. The Hall–Kier alpha value is -1.59. The maximum atomic E-state index is 4.97. The maximum absolute atomic E-state index is 4.97. The molecule has 4 rings (SSSR count). The van der Waals surface area contributed by atoms with Crippen LogP contribution in [0.4, 0.5) is 0 Å². The number of aliphatic imine (C=N–C) groups is 1. The SMILES string of the molecule is CCNC(=NCC1CCN(C2CC2)C1)NC1CCN(Cc2ccccc2)C(C)C1. The van der Waals surface area contributed by atoms with Crippen molar-refractivity contribution < 1.29 is 0 Å². The van der Waals surface area contributed by atoms with E-state index in [0.29, 0.717) is 12.1 Å². The van der Waals surface area contributed by atoms with E-state index in [0.717, 1.165) is 44.1 Å². The van der Waals surface area contributed by atoms with E-state index in [9.17, 15) is 0 Å². The molecule has 2 aliphatic heterocycles. The number of hydrogen-bond donors (Lipinski definition) is 2. The minimum absolute atomic E-state index is 0.515. The van der Waals surface area contributed by atoms with Crippen molar-refractivity contribution in [2.24, 2.45) is 10.9 Å². The zero-order valence-corrected chi connectivity index (χ0v) is 18.3. The van der Waals surface area contributed by atoms with Crippen molar-refractivity contribution in [1.29, 1.82) is 0 Å². The first-order chi connectivity index (χ1) is 14.2. The van der Waals surface area contributed by atoms with Gasteiger partial charge in [-0.15, -0.1) is 0 Å². The van der Waals surface area contributed by atoms with E-state index in [1.165, 1.54) is 50.8 Å². The first-order valence-electron chi connectivity index (χ1n) is 11.8. The number of likely N-dealkylation sites (tertiary alicyclic amines) is 2. The molecule has 3 fully saturated rings. The van der Waals surface area contributed by atoms with Crippen molar-refractivity contribution >= 4 is 5.96 Å². The van der Waals surface area contributed by atoms with Crippen molar-refractivity contribution in [3.05, 3.63) is 35.9 Å². The quantitative estimate of drug-likeness (QED) is 0.548. The van der Waals surface area contributed by atoms with Gasteiger partial charge in [-0.25, -0.2) is 0 Å². The summed E-state index contributed by atoms with van der Waals surface area (Å²) in [7, 11) is 0. The average Bonchev–Trinajstić information content (AvgIpc) is 3.47. The lowest BCUT2D eigenvalue weighted by molar-refractivity contribution is 0.134. The van der Waals surface area contributed by atoms with Crippen LogP contribution in [0.15, 0.2) is 35.3 Å². The first kappa shape index (κ1) is 20.7. The molecule has 3 unspecified atom stereocenters. The molecule has 0 radical (unpaired) electrons. The van der Waals surface area contributed by atoms with Gasteiger partial charge in [0.2, 0.25) is 0 Å². The zero-order valence-electron chi connectivity index (χ0n) is 18.3. The lowest BCUT2D eigenvalue weighted by Crippen LogP contribution is -2.51. The third-order valence-electron chi connectivity index (χ3n) is 6.82. The smallest absolute Gasteiger partial charge is 0.191 e. The molecule has 3 atom stereocenters. The molecule has 2 saturated heterocycles. The van der Waals surface area contributed by atoms with E-state index in [1.54, 1.807) is 0 Å². The maximum Gasteiger partial charge on any atom is 0.191 e. The van der Waals surface area contributed by atoms with Gasteiger partial charge in [0.25, 0.3) is 0 Å². The molecule has 0 aromatic heterocycles. The molecule has 160 valence electrons. The fourth-order valence-electron chi connectivity index (χ4n) is 4.92. The summed E-state index contributed by atoms with van der Waals surface area (Å²) < 4.78 is 0. The molecule has 1 saturated carbocycles. The van der Waals surface area contributed by atoms with Crippen molar-refractivity contribution in [3.8, 4) is 0 Å². The number of hydrogen-bond acceptors (Lipinski definition) is 3.